The molecule has 2 aromatic heterocycles. The molecule has 2 fully saturated rings. The molecule has 0 unspecified atom stereocenters. The van der Waals surface area contributed by atoms with Crippen LogP contribution in [-0.2, 0) is 17.7 Å². The van der Waals surface area contributed by atoms with Crippen molar-refractivity contribution in [1.82, 2.24) is 19.9 Å². The first-order valence-corrected chi connectivity index (χ1v) is 11.1. The zero-order chi connectivity index (χ0) is 20.8. The number of H-pyrrole nitrogens is 1. The van der Waals surface area contributed by atoms with E-state index in [1.807, 2.05) is 35.4 Å². The van der Waals surface area contributed by atoms with Crippen LogP contribution >= 0.6 is 0 Å². The lowest BCUT2D eigenvalue weighted by atomic mass is 10.0. The Kier molecular flexibility index (Phi) is 4.52. The molecule has 1 amide bonds. The molecule has 1 aliphatic carbocycles. The van der Waals surface area contributed by atoms with Gasteiger partial charge in [0.25, 0.3) is 5.91 Å². The summed E-state index contributed by atoms with van der Waals surface area (Å²) >= 11 is 0. The number of aromatic nitrogens is 3. The number of carbonyl (C=O) groups excluding carboxylic acids is 1. The van der Waals surface area contributed by atoms with Gasteiger partial charge in [-0.2, -0.15) is 4.98 Å². The van der Waals surface area contributed by atoms with Gasteiger partial charge in [-0.1, -0.05) is 0 Å². The highest BCUT2D eigenvalue weighted by Crippen LogP contribution is 2.32. The average Bonchev–Trinajstić information content (AvgIpc) is 3.51. The van der Waals surface area contributed by atoms with Crippen molar-refractivity contribution in [3.63, 3.8) is 0 Å². The first kappa shape index (κ1) is 18.6. The number of hydrogen-bond acceptors (Lipinski definition) is 6. The average molecular weight is 419 g/mol. The van der Waals surface area contributed by atoms with E-state index in [9.17, 15) is 4.79 Å². The fourth-order valence-corrected chi connectivity index (χ4v) is 4.39. The quantitative estimate of drug-likeness (QED) is 0.677. The van der Waals surface area contributed by atoms with E-state index in [1.54, 1.807) is 0 Å². The Morgan fingerprint density at radius 3 is 2.84 bits per heavy atom. The topological polar surface area (TPSA) is 86.4 Å². The molecule has 1 saturated heterocycles. The van der Waals surface area contributed by atoms with E-state index in [0.29, 0.717) is 32.3 Å². The van der Waals surface area contributed by atoms with E-state index < -0.39 is 0 Å². The lowest BCUT2D eigenvalue weighted by Crippen LogP contribution is -2.40. The van der Waals surface area contributed by atoms with E-state index in [4.69, 9.17) is 14.7 Å². The molecule has 0 spiro atoms. The van der Waals surface area contributed by atoms with Gasteiger partial charge in [-0.05, 0) is 37.1 Å². The maximum atomic E-state index is 13.3. The summed E-state index contributed by atoms with van der Waals surface area (Å²) in [5.41, 5.74) is 3.88. The van der Waals surface area contributed by atoms with Gasteiger partial charge >= 0.3 is 0 Å². The number of nitrogens with one attached hydrogen (secondary N) is 2. The number of ether oxygens (including phenoxy) is 1. The van der Waals surface area contributed by atoms with Crippen molar-refractivity contribution >= 4 is 28.6 Å². The monoisotopic (exact) mass is 418 g/mol. The number of aromatic amines is 1. The van der Waals surface area contributed by atoms with Gasteiger partial charge in [0, 0.05) is 60.3 Å². The third-order valence-electron chi connectivity index (χ3n) is 6.35. The van der Waals surface area contributed by atoms with Crippen LogP contribution < -0.4 is 10.2 Å². The fraction of sp³-hybridized carbons (Fsp3) is 0.435. The van der Waals surface area contributed by atoms with Gasteiger partial charge in [-0.15, -0.1) is 0 Å². The molecule has 8 nitrogen and oxygen atoms in total. The molecular formula is C23H26N6O2. The number of fused-ring (bicyclic) bond motifs is 2. The lowest BCUT2D eigenvalue weighted by molar-refractivity contribution is 0.0734. The second kappa shape index (κ2) is 7.53. The molecule has 1 saturated carbocycles. The fourth-order valence-electron chi connectivity index (χ4n) is 4.39. The molecule has 4 heterocycles. The maximum Gasteiger partial charge on any atom is 0.254 e. The van der Waals surface area contributed by atoms with Crippen LogP contribution in [0.5, 0.6) is 0 Å². The molecule has 2 N–H and O–H groups in total. The Balaban J connectivity index is 1.29. The number of rotatable bonds is 4. The van der Waals surface area contributed by atoms with Crippen LogP contribution in [0.3, 0.4) is 0 Å². The van der Waals surface area contributed by atoms with Crippen molar-refractivity contribution in [2.75, 3.05) is 43.1 Å². The standard InChI is InChI=1S/C23H26N6O2/c30-22(16-1-4-19-15(13-16)5-7-24-19)29-8-6-20-18(14-29)21(25-17-2-3-17)27-23(26-20)28-9-11-31-12-10-28/h1,4-5,7,13,17,24H,2-3,6,8-12,14H2,(H,25,26,27). The smallest absolute Gasteiger partial charge is 0.254 e. The molecule has 2 aliphatic heterocycles. The van der Waals surface area contributed by atoms with Gasteiger partial charge in [0.15, 0.2) is 0 Å². The number of anilines is 2. The Hall–Kier alpha value is -3.13. The number of morpholine rings is 1. The van der Waals surface area contributed by atoms with E-state index in [-0.39, 0.29) is 5.91 Å². The third-order valence-corrected chi connectivity index (χ3v) is 6.35. The van der Waals surface area contributed by atoms with Gasteiger partial charge < -0.3 is 24.8 Å². The molecule has 0 bridgehead atoms. The summed E-state index contributed by atoms with van der Waals surface area (Å²) in [6.07, 6.45) is 4.98. The highest BCUT2D eigenvalue weighted by atomic mass is 16.5. The minimum Gasteiger partial charge on any atom is -0.378 e. The summed E-state index contributed by atoms with van der Waals surface area (Å²) in [6, 6.07) is 8.32. The summed E-state index contributed by atoms with van der Waals surface area (Å²) in [6.45, 7) is 4.25. The van der Waals surface area contributed by atoms with Gasteiger partial charge in [0.1, 0.15) is 5.82 Å². The molecular weight excluding hydrogens is 392 g/mol. The second-order valence-corrected chi connectivity index (χ2v) is 8.57. The molecule has 1 aromatic carbocycles. The predicted octanol–water partition coefficient (Wildman–Crippen LogP) is 2.57. The van der Waals surface area contributed by atoms with Crippen molar-refractivity contribution in [3.8, 4) is 0 Å². The number of amides is 1. The van der Waals surface area contributed by atoms with Crippen LogP contribution in [-0.4, -0.2) is 64.6 Å². The Labute approximate surface area is 180 Å². The number of benzene rings is 1. The van der Waals surface area contributed by atoms with Crippen molar-refractivity contribution in [2.45, 2.75) is 31.8 Å². The van der Waals surface area contributed by atoms with E-state index in [1.165, 1.54) is 12.8 Å². The highest BCUT2D eigenvalue weighted by molar-refractivity contribution is 5.98. The third kappa shape index (κ3) is 3.61. The molecule has 6 rings (SSSR count). The van der Waals surface area contributed by atoms with Crippen molar-refractivity contribution in [3.05, 3.63) is 47.3 Å². The van der Waals surface area contributed by atoms with Gasteiger partial charge in [-0.3, -0.25) is 4.79 Å². The Bertz CT molecular complexity index is 1130. The minimum absolute atomic E-state index is 0.0587. The summed E-state index contributed by atoms with van der Waals surface area (Å²) in [5, 5.41) is 4.65. The SMILES string of the molecule is O=C(c1ccc2[nH]ccc2c1)N1CCc2nc(N3CCOCC3)nc(NC3CC3)c2C1. The van der Waals surface area contributed by atoms with Crippen LogP contribution in [0.25, 0.3) is 10.9 Å². The van der Waals surface area contributed by atoms with Gasteiger partial charge in [0.2, 0.25) is 5.95 Å². The lowest BCUT2D eigenvalue weighted by Gasteiger charge is -2.32. The van der Waals surface area contributed by atoms with Crippen LogP contribution in [0.2, 0.25) is 0 Å². The summed E-state index contributed by atoms with van der Waals surface area (Å²) in [4.78, 5) is 30.4. The molecule has 31 heavy (non-hydrogen) atoms. The Morgan fingerprint density at radius 1 is 1.13 bits per heavy atom. The van der Waals surface area contributed by atoms with Crippen LogP contribution in [0, 0.1) is 0 Å². The van der Waals surface area contributed by atoms with Crippen molar-refractivity contribution in [1.29, 1.82) is 0 Å². The second-order valence-electron chi connectivity index (χ2n) is 8.57. The van der Waals surface area contributed by atoms with Gasteiger partial charge in [0.05, 0.1) is 25.5 Å². The highest BCUT2D eigenvalue weighted by Gasteiger charge is 2.30. The normalized spacial score (nSPS) is 18.8. The van der Waals surface area contributed by atoms with Gasteiger partial charge in [-0.25, -0.2) is 4.98 Å². The summed E-state index contributed by atoms with van der Waals surface area (Å²) in [5.74, 6) is 1.74. The van der Waals surface area contributed by atoms with E-state index in [2.05, 4.69) is 15.2 Å². The molecule has 0 atom stereocenters. The van der Waals surface area contributed by atoms with Crippen LogP contribution in [0.15, 0.2) is 30.5 Å². The first-order chi connectivity index (χ1) is 15.2. The molecule has 3 aromatic rings. The van der Waals surface area contributed by atoms with Crippen molar-refractivity contribution < 1.29 is 9.53 Å². The summed E-state index contributed by atoms with van der Waals surface area (Å²) in [7, 11) is 0. The zero-order valence-electron chi connectivity index (χ0n) is 17.4. The summed E-state index contributed by atoms with van der Waals surface area (Å²) < 4.78 is 5.48. The molecule has 8 heteroatoms. The molecule has 0 radical (unpaired) electrons. The minimum atomic E-state index is 0.0587. The van der Waals surface area contributed by atoms with E-state index in [0.717, 1.165) is 59.0 Å². The molecule has 160 valence electrons. The van der Waals surface area contributed by atoms with E-state index >= 15 is 0 Å². The first-order valence-electron chi connectivity index (χ1n) is 11.1. The number of hydrogen-bond donors (Lipinski definition) is 2. The van der Waals surface area contributed by atoms with Crippen molar-refractivity contribution in [2.24, 2.45) is 0 Å². The van der Waals surface area contributed by atoms with Crippen LogP contribution in [0.1, 0.15) is 34.5 Å². The maximum absolute atomic E-state index is 13.3. The number of nitrogens with zero attached hydrogens (tertiary/aromatic N) is 4. The van der Waals surface area contributed by atoms with Crippen LogP contribution in [0.4, 0.5) is 11.8 Å². The predicted molar refractivity (Wildman–Crippen MR) is 118 cm³/mol. The largest absolute Gasteiger partial charge is 0.378 e. The number of carbonyl (C=O) groups is 1. The Morgan fingerprint density at radius 2 is 2.00 bits per heavy atom. The molecule has 3 aliphatic rings. The zero-order valence-corrected chi connectivity index (χ0v) is 17.4.